The Morgan fingerprint density at radius 2 is 1.64 bits per heavy atom. The predicted octanol–water partition coefficient (Wildman–Crippen LogP) is 3.42. The average molecular weight is 994 g/mol. The van der Waals surface area contributed by atoms with Crippen LogP contribution in [0.3, 0.4) is 0 Å². The number of hydrogen-bond donors (Lipinski definition) is 5. The SMILES string of the molecule is C[C@@H]1OCC2(CCN(c3cnc(Sc4cccc(NC(=O)CCC(=O)NCCOCCOCCOCCOCCCc5cccc6cnn(C7CCC(=O)NC7=O)c(=O)c56)c4Cl)c(N)n3)CC2)[C@@H]1N. The highest BCUT2D eigenvalue weighted by Crippen LogP contribution is 2.43. The average Bonchev–Trinajstić information content (AvgIpc) is 3.61. The minimum Gasteiger partial charge on any atom is -0.381 e. The zero-order valence-electron chi connectivity index (χ0n) is 38.8. The van der Waals surface area contributed by atoms with Gasteiger partial charge in [-0.25, -0.2) is 14.6 Å². The van der Waals surface area contributed by atoms with Gasteiger partial charge in [-0.15, -0.1) is 0 Å². The third kappa shape index (κ3) is 13.8. The summed E-state index contributed by atoms with van der Waals surface area (Å²) in [5.74, 6) is -0.528. The summed E-state index contributed by atoms with van der Waals surface area (Å²) in [6.45, 7) is 7.60. The van der Waals surface area contributed by atoms with Crippen molar-refractivity contribution < 1.29 is 42.9 Å². The number of benzene rings is 2. The second kappa shape index (κ2) is 25.0. The molecule has 20 nitrogen and oxygen atoms in total. The summed E-state index contributed by atoms with van der Waals surface area (Å²) in [5.41, 5.74) is 13.7. The highest BCUT2D eigenvalue weighted by molar-refractivity contribution is 7.99. The topological polar surface area (TPSA) is 266 Å². The number of nitrogens with one attached hydrogen (secondary N) is 3. The number of aromatic nitrogens is 4. The number of carbonyl (C=O) groups excluding carboxylic acids is 4. The molecule has 0 aliphatic carbocycles. The van der Waals surface area contributed by atoms with E-state index in [4.69, 9.17) is 46.8 Å². The van der Waals surface area contributed by atoms with Crippen LogP contribution in [0.1, 0.15) is 63.5 Å². The highest BCUT2D eigenvalue weighted by atomic mass is 35.5. The van der Waals surface area contributed by atoms with Crippen molar-refractivity contribution in [2.75, 3.05) is 95.0 Å². The van der Waals surface area contributed by atoms with Crippen LogP contribution in [-0.4, -0.2) is 135 Å². The lowest BCUT2D eigenvalue weighted by atomic mass is 9.73. The first kappa shape index (κ1) is 51.6. The number of carbonyl (C=O) groups is 4. The summed E-state index contributed by atoms with van der Waals surface area (Å²) in [5, 5.41) is 14.1. The monoisotopic (exact) mass is 992 g/mol. The third-order valence-corrected chi connectivity index (χ3v) is 14.1. The predicted molar refractivity (Wildman–Crippen MR) is 259 cm³/mol. The number of imide groups is 1. The number of anilines is 3. The number of nitrogens with zero attached hydrogens (tertiary/aromatic N) is 5. The Hall–Kier alpha value is -5.26. The van der Waals surface area contributed by atoms with Gasteiger partial charge in [0.15, 0.2) is 5.82 Å². The number of aryl methyl sites for hydroxylation is 1. The molecule has 3 saturated heterocycles. The number of rotatable bonds is 24. The Morgan fingerprint density at radius 1 is 0.942 bits per heavy atom. The summed E-state index contributed by atoms with van der Waals surface area (Å²) in [6.07, 6.45) is 6.78. The van der Waals surface area contributed by atoms with Gasteiger partial charge in [0.1, 0.15) is 16.9 Å². The molecule has 3 atom stereocenters. The van der Waals surface area contributed by atoms with E-state index in [0.29, 0.717) is 103 Å². The second-order valence-electron chi connectivity index (χ2n) is 17.2. The molecular weight excluding hydrogens is 932 g/mol. The van der Waals surface area contributed by atoms with Crippen molar-refractivity contribution in [3.8, 4) is 0 Å². The molecule has 69 heavy (non-hydrogen) atoms. The normalized spacial score (nSPS) is 19.0. The first-order chi connectivity index (χ1) is 33.4. The van der Waals surface area contributed by atoms with E-state index in [9.17, 15) is 24.0 Å². The first-order valence-corrected chi connectivity index (χ1v) is 24.5. The van der Waals surface area contributed by atoms with E-state index >= 15 is 0 Å². The van der Waals surface area contributed by atoms with Crippen molar-refractivity contribution in [2.45, 2.75) is 86.4 Å². The van der Waals surface area contributed by atoms with Gasteiger partial charge in [0, 0.05) is 67.2 Å². The van der Waals surface area contributed by atoms with Crippen LogP contribution in [0.4, 0.5) is 17.3 Å². The van der Waals surface area contributed by atoms with E-state index in [1.807, 2.05) is 25.1 Å². The molecule has 3 fully saturated rings. The van der Waals surface area contributed by atoms with Crippen molar-refractivity contribution in [3.63, 3.8) is 0 Å². The molecule has 3 aliphatic rings. The van der Waals surface area contributed by atoms with Gasteiger partial charge in [0.2, 0.25) is 17.7 Å². The molecule has 0 saturated carbocycles. The zero-order chi connectivity index (χ0) is 48.8. The van der Waals surface area contributed by atoms with E-state index < -0.39 is 11.9 Å². The van der Waals surface area contributed by atoms with Gasteiger partial charge in [-0.2, -0.15) is 5.10 Å². The van der Waals surface area contributed by atoms with Crippen molar-refractivity contribution in [3.05, 3.63) is 69.7 Å². The van der Waals surface area contributed by atoms with Gasteiger partial charge in [0.25, 0.3) is 11.5 Å². The Morgan fingerprint density at radius 3 is 2.33 bits per heavy atom. The maximum absolute atomic E-state index is 13.4. The number of fused-ring (bicyclic) bond motifs is 1. The largest absolute Gasteiger partial charge is 0.381 e. The summed E-state index contributed by atoms with van der Waals surface area (Å²) < 4.78 is 29.4. The molecule has 2 aromatic carbocycles. The van der Waals surface area contributed by atoms with Crippen LogP contribution in [-0.2, 0) is 49.3 Å². The third-order valence-electron chi connectivity index (χ3n) is 12.6. The van der Waals surface area contributed by atoms with E-state index in [0.717, 1.165) is 31.5 Å². The molecule has 7 N–H and O–H groups in total. The Labute approximate surface area is 409 Å². The van der Waals surface area contributed by atoms with E-state index in [1.165, 1.54) is 16.4 Å². The van der Waals surface area contributed by atoms with Crippen molar-refractivity contribution in [1.29, 1.82) is 0 Å². The quantitative estimate of drug-likeness (QED) is 0.0497. The molecule has 5 heterocycles. The molecular formula is C47H61ClN10O10S. The lowest BCUT2D eigenvalue weighted by Gasteiger charge is -2.41. The molecule has 1 unspecified atom stereocenters. The number of nitrogens with two attached hydrogens (primary N) is 2. The molecule has 3 aliphatic heterocycles. The zero-order valence-corrected chi connectivity index (χ0v) is 40.3. The van der Waals surface area contributed by atoms with Gasteiger partial charge in [-0.1, -0.05) is 47.6 Å². The van der Waals surface area contributed by atoms with Gasteiger partial charge in [0.05, 0.1) is 87.4 Å². The van der Waals surface area contributed by atoms with Gasteiger partial charge in [-0.05, 0) is 56.7 Å². The number of nitrogen functional groups attached to an aromatic ring is 1. The molecule has 2 aromatic heterocycles. The molecule has 4 aromatic rings. The van der Waals surface area contributed by atoms with Gasteiger partial charge < -0.3 is 50.7 Å². The lowest BCUT2D eigenvalue weighted by Crippen LogP contribution is -2.50. The fraction of sp³-hybridized carbons (Fsp3) is 0.532. The number of hydrogen-bond acceptors (Lipinski definition) is 17. The molecule has 1 spiro atoms. The fourth-order valence-electron chi connectivity index (χ4n) is 8.60. The Kier molecular flexibility index (Phi) is 18.7. The van der Waals surface area contributed by atoms with Crippen LogP contribution in [0.25, 0.3) is 10.8 Å². The molecule has 7 rings (SSSR count). The van der Waals surface area contributed by atoms with Crippen LogP contribution in [0.15, 0.2) is 63.5 Å². The number of amides is 4. The molecule has 0 radical (unpaired) electrons. The summed E-state index contributed by atoms with van der Waals surface area (Å²) in [7, 11) is 0. The van der Waals surface area contributed by atoms with Crippen LogP contribution in [0, 0.1) is 5.41 Å². The van der Waals surface area contributed by atoms with Crippen LogP contribution in [0.2, 0.25) is 5.02 Å². The standard InChI is InChI=1S/C47H61ClN10O10S/c1-30-42(49)47(29-68-30)14-17-57(18-15-47)36-28-52-45(43(50)55-36)69-35-9-3-8-33(41(35)48)54-38(60)13-12-37(59)51-16-20-65-22-24-67-26-25-66-23-21-64-19-4-7-31-5-2-6-32-27-53-58(46(63)40(31)32)34-10-11-39(61)56-44(34)62/h2-3,5-6,8-9,27-28,30,34,42H,4,7,10-26,29,49H2,1H3,(H2,50,55)(H,51,59)(H,54,60)(H,56,61,62)/t30-,34?,42+/m0/s1. The van der Waals surface area contributed by atoms with E-state index in [2.05, 4.69) is 35.9 Å². The summed E-state index contributed by atoms with van der Waals surface area (Å²) in [6, 6.07) is 10.0. The first-order valence-electron chi connectivity index (χ1n) is 23.3. The number of ether oxygens (including phenoxy) is 5. The van der Waals surface area contributed by atoms with Crippen molar-refractivity contribution in [1.82, 2.24) is 30.4 Å². The highest BCUT2D eigenvalue weighted by Gasteiger charge is 2.47. The van der Waals surface area contributed by atoms with Crippen molar-refractivity contribution in [2.24, 2.45) is 11.1 Å². The lowest BCUT2D eigenvalue weighted by molar-refractivity contribution is -0.136. The minimum absolute atomic E-state index is 0.00304. The number of halogens is 1. The second-order valence-corrected chi connectivity index (χ2v) is 18.6. The Bertz CT molecular complexity index is 2490. The van der Waals surface area contributed by atoms with Crippen LogP contribution >= 0.6 is 23.4 Å². The molecule has 4 amide bonds. The van der Waals surface area contributed by atoms with Crippen LogP contribution in [0.5, 0.6) is 0 Å². The Balaban J connectivity index is 0.688. The molecule has 22 heteroatoms. The van der Waals surface area contributed by atoms with Crippen LogP contribution < -0.4 is 37.9 Å². The minimum atomic E-state index is -0.820. The summed E-state index contributed by atoms with van der Waals surface area (Å²) in [4.78, 5) is 74.5. The van der Waals surface area contributed by atoms with Gasteiger partial charge >= 0.3 is 0 Å². The van der Waals surface area contributed by atoms with Crippen molar-refractivity contribution >= 4 is 75.1 Å². The molecule has 0 bridgehead atoms. The van der Waals surface area contributed by atoms with E-state index in [-0.39, 0.29) is 85.5 Å². The van der Waals surface area contributed by atoms with Gasteiger partial charge in [-0.3, -0.25) is 29.3 Å². The smallest absolute Gasteiger partial charge is 0.275 e. The molecule has 372 valence electrons. The maximum atomic E-state index is 13.4. The number of piperidine rings is 2. The van der Waals surface area contributed by atoms with E-state index in [1.54, 1.807) is 30.6 Å². The maximum Gasteiger partial charge on any atom is 0.275 e. The fourth-order valence-corrected chi connectivity index (χ4v) is 9.70. The summed E-state index contributed by atoms with van der Waals surface area (Å²) >= 11 is 7.95.